The normalized spacial score (nSPS) is 15.6. The van der Waals surface area contributed by atoms with E-state index in [4.69, 9.17) is 10.7 Å². The summed E-state index contributed by atoms with van der Waals surface area (Å²) in [6, 6.07) is 4.73. The van der Waals surface area contributed by atoms with E-state index in [2.05, 4.69) is 5.32 Å². The van der Waals surface area contributed by atoms with Crippen LogP contribution in [0.5, 0.6) is 0 Å². The summed E-state index contributed by atoms with van der Waals surface area (Å²) in [6.45, 7) is 1.64. The summed E-state index contributed by atoms with van der Waals surface area (Å²) in [4.78, 5) is 11.7. The Kier molecular flexibility index (Phi) is 3.14. The lowest BCUT2D eigenvalue weighted by molar-refractivity contribution is 0.0951. The molecule has 1 fully saturated rings. The molecule has 0 saturated heterocycles. The van der Waals surface area contributed by atoms with Gasteiger partial charge >= 0.3 is 0 Å². The SMILES string of the molecule is Cc1ccc(C(=O)NC2CC2)cc1S(=O)(=O)Cl. The Morgan fingerprint density at radius 1 is 1.41 bits per heavy atom. The van der Waals surface area contributed by atoms with Crippen molar-refractivity contribution in [2.45, 2.75) is 30.7 Å². The highest BCUT2D eigenvalue weighted by Crippen LogP contribution is 2.23. The molecule has 1 aliphatic rings. The van der Waals surface area contributed by atoms with Crippen LogP contribution in [0.4, 0.5) is 0 Å². The van der Waals surface area contributed by atoms with Gasteiger partial charge in [-0.05, 0) is 37.5 Å². The van der Waals surface area contributed by atoms with Gasteiger partial charge in [0.05, 0.1) is 4.90 Å². The van der Waals surface area contributed by atoms with Gasteiger partial charge in [-0.25, -0.2) is 8.42 Å². The van der Waals surface area contributed by atoms with Crippen molar-refractivity contribution in [1.82, 2.24) is 5.32 Å². The lowest BCUT2D eigenvalue weighted by Gasteiger charge is -2.06. The summed E-state index contributed by atoms with van der Waals surface area (Å²) < 4.78 is 22.6. The first-order chi connectivity index (χ1) is 7.88. The fraction of sp³-hybridized carbons (Fsp3) is 0.364. The molecule has 0 aliphatic heterocycles. The summed E-state index contributed by atoms with van der Waals surface area (Å²) in [5, 5.41) is 2.79. The van der Waals surface area contributed by atoms with Gasteiger partial charge in [-0.15, -0.1) is 0 Å². The maximum atomic E-state index is 11.7. The first kappa shape index (κ1) is 12.4. The Labute approximate surface area is 104 Å². The van der Waals surface area contributed by atoms with Gasteiger partial charge in [0, 0.05) is 22.3 Å². The van der Waals surface area contributed by atoms with Crippen molar-refractivity contribution >= 4 is 25.6 Å². The first-order valence-electron chi connectivity index (χ1n) is 5.24. The Bertz CT molecular complexity index is 564. The van der Waals surface area contributed by atoms with E-state index in [1.807, 2.05) is 0 Å². The number of carbonyl (C=O) groups is 1. The summed E-state index contributed by atoms with van der Waals surface area (Å²) in [6.07, 6.45) is 1.97. The molecule has 0 unspecified atom stereocenters. The third kappa shape index (κ3) is 2.98. The zero-order valence-electron chi connectivity index (χ0n) is 9.23. The highest BCUT2D eigenvalue weighted by Gasteiger charge is 2.24. The molecule has 17 heavy (non-hydrogen) atoms. The number of nitrogens with one attached hydrogen (secondary N) is 1. The van der Waals surface area contributed by atoms with E-state index in [0.29, 0.717) is 11.1 Å². The maximum Gasteiger partial charge on any atom is 0.261 e. The minimum Gasteiger partial charge on any atom is -0.349 e. The van der Waals surface area contributed by atoms with Crippen molar-refractivity contribution in [2.24, 2.45) is 0 Å². The largest absolute Gasteiger partial charge is 0.349 e. The quantitative estimate of drug-likeness (QED) is 0.855. The Balaban J connectivity index is 2.33. The second-order valence-corrected chi connectivity index (χ2v) is 6.70. The van der Waals surface area contributed by atoms with Gasteiger partial charge in [0.1, 0.15) is 0 Å². The van der Waals surface area contributed by atoms with E-state index < -0.39 is 9.05 Å². The molecule has 1 N–H and O–H groups in total. The molecule has 4 nitrogen and oxygen atoms in total. The van der Waals surface area contributed by atoms with Crippen molar-refractivity contribution in [1.29, 1.82) is 0 Å². The van der Waals surface area contributed by atoms with Gasteiger partial charge in [-0.3, -0.25) is 4.79 Å². The van der Waals surface area contributed by atoms with Crippen molar-refractivity contribution in [2.75, 3.05) is 0 Å². The lowest BCUT2D eigenvalue weighted by Crippen LogP contribution is -2.25. The summed E-state index contributed by atoms with van der Waals surface area (Å²) >= 11 is 0. The van der Waals surface area contributed by atoms with Crippen LogP contribution >= 0.6 is 10.7 Å². The van der Waals surface area contributed by atoms with Gasteiger partial charge in [-0.2, -0.15) is 0 Å². The molecule has 0 aromatic heterocycles. The van der Waals surface area contributed by atoms with Crippen molar-refractivity contribution in [3.8, 4) is 0 Å². The van der Waals surface area contributed by atoms with Gasteiger partial charge in [-0.1, -0.05) is 6.07 Å². The van der Waals surface area contributed by atoms with E-state index in [9.17, 15) is 13.2 Å². The van der Waals surface area contributed by atoms with Crippen LogP contribution in [0, 0.1) is 6.92 Å². The zero-order valence-corrected chi connectivity index (χ0v) is 10.8. The first-order valence-corrected chi connectivity index (χ1v) is 7.55. The molecule has 6 heteroatoms. The maximum absolute atomic E-state index is 11.7. The van der Waals surface area contributed by atoms with E-state index in [-0.39, 0.29) is 16.8 Å². The molecule has 0 radical (unpaired) electrons. The Morgan fingerprint density at radius 2 is 2.06 bits per heavy atom. The number of rotatable bonds is 3. The predicted octanol–water partition coefficient (Wildman–Crippen LogP) is 1.81. The van der Waals surface area contributed by atoms with Crippen molar-refractivity contribution in [3.05, 3.63) is 29.3 Å². The highest BCUT2D eigenvalue weighted by molar-refractivity contribution is 8.13. The predicted molar refractivity (Wildman–Crippen MR) is 64.7 cm³/mol. The van der Waals surface area contributed by atoms with E-state index in [1.165, 1.54) is 6.07 Å². The number of hydrogen-bond acceptors (Lipinski definition) is 3. The van der Waals surface area contributed by atoms with Crippen LogP contribution in [0.25, 0.3) is 0 Å². The standard InChI is InChI=1S/C11H12ClNO3S/c1-7-2-3-8(6-10(7)17(12,15)16)11(14)13-9-4-5-9/h2-3,6,9H,4-5H2,1H3,(H,13,14). The monoisotopic (exact) mass is 273 g/mol. The number of carbonyl (C=O) groups excluding carboxylic acids is 1. The molecule has 92 valence electrons. The lowest BCUT2D eigenvalue weighted by atomic mass is 10.1. The van der Waals surface area contributed by atoms with Gasteiger partial charge in [0.2, 0.25) is 0 Å². The summed E-state index contributed by atoms with van der Waals surface area (Å²) in [5.74, 6) is -0.255. The minimum atomic E-state index is -3.81. The van der Waals surface area contributed by atoms with E-state index >= 15 is 0 Å². The Hall–Kier alpha value is -1.07. The molecule has 1 saturated carbocycles. The van der Waals surface area contributed by atoms with Crippen LogP contribution in [0.15, 0.2) is 23.1 Å². The molecule has 0 atom stereocenters. The second-order valence-electron chi connectivity index (χ2n) is 4.17. The topological polar surface area (TPSA) is 63.2 Å². The van der Waals surface area contributed by atoms with Crippen LogP contribution in [0.3, 0.4) is 0 Å². The third-order valence-corrected chi connectivity index (χ3v) is 4.09. The van der Waals surface area contributed by atoms with Crippen LogP contribution < -0.4 is 5.32 Å². The van der Waals surface area contributed by atoms with E-state index in [1.54, 1.807) is 19.1 Å². The molecule has 0 spiro atoms. The molecular weight excluding hydrogens is 262 g/mol. The molecule has 1 aromatic carbocycles. The molecule has 1 aromatic rings. The fourth-order valence-corrected chi connectivity index (χ4v) is 2.72. The number of aryl methyl sites for hydroxylation is 1. The fourth-order valence-electron chi connectivity index (χ4n) is 1.50. The zero-order chi connectivity index (χ0) is 12.6. The van der Waals surface area contributed by atoms with Gasteiger partial charge < -0.3 is 5.32 Å². The minimum absolute atomic E-state index is 0.0115. The highest BCUT2D eigenvalue weighted by atomic mass is 35.7. The molecule has 0 bridgehead atoms. The molecule has 1 amide bonds. The molecule has 2 rings (SSSR count). The average Bonchev–Trinajstić information content (AvgIpc) is 3.00. The molecule has 0 heterocycles. The van der Waals surface area contributed by atoms with Crippen LogP contribution in [-0.4, -0.2) is 20.4 Å². The Morgan fingerprint density at radius 3 is 2.59 bits per heavy atom. The summed E-state index contributed by atoms with van der Waals surface area (Å²) in [5.41, 5.74) is 0.852. The summed E-state index contributed by atoms with van der Waals surface area (Å²) in [7, 11) is 1.49. The van der Waals surface area contributed by atoms with Crippen LogP contribution in [-0.2, 0) is 9.05 Å². The van der Waals surface area contributed by atoms with Crippen molar-refractivity contribution < 1.29 is 13.2 Å². The van der Waals surface area contributed by atoms with Crippen LogP contribution in [0.1, 0.15) is 28.8 Å². The third-order valence-electron chi connectivity index (χ3n) is 2.63. The number of benzene rings is 1. The second kappa shape index (κ2) is 4.31. The molecule has 1 aliphatic carbocycles. The van der Waals surface area contributed by atoms with Gasteiger partial charge in [0.15, 0.2) is 0 Å². The number of amides is 1. The number of hydrogen-bond donors (Lipinski definition) is 1. The van der Waals surface area contributed by atoms with Crippen molar-refractivity contribution in [3.63, 3.8) is 0 Å². The average molecular weight is 274 g/mol. The van der Waals surface area contributed by atoms with E-state index in [0.717, 1.165) is 12.8 Å². The van der Waals surface area contributed by atoms with Crippen LogP contribution in [0.2, 0.25) is 0 Å². The number of halogens is 1. The van der Waals surface area contributed by atoms with Gasteiger partial charge in [0.25, 0.3) is 15.0 Å². The smallest absolute Gasteiger partial charge is 0.261 e. The molecular formula is C11H12ClNO3S.